The van der Waals surface area contributed by atoms with E-state index in [4.69, 9.17) is 4.74 Å². The minimum absolute atomic E-state index is 0.140. The van der Waals surface area contributed by atoms with Crippen LogP contribution in [-0.4, -0.2) is 53.0 Å². The van der Waals surface area contributed by atoms with Crippen LogP contribution in [0.25, 0.3) is 0 Å². The fraction of sp³-hybridized carbons (Fsp3) is 0.389. The van der Waals surface area contributed by atoms with Crippen molar-refractivity contribution in [1.82, 2.24) is 14.8 Å². The van der Waals surface area contributed by atoms with Gasteiger partial charge in [0.1, 0.15) is 0 Å². The molecule has 2 aromatic rings. The molecule has 1 aromatic heterocycles. The number of rotatable bonds is 6. The monoisotopic (exact) mass is 342 g/mol. The van der Waals surface area contributed by atoms with E-state index in [1.807, 2.05) is 24.4 Å². The Bertz CT molecular complexity index is 695. The minimum Gasteiger partial charge on any atom is -0.481 e. The number of ether oxygens (including phenoxy) is 1. The largest absolute Gasteiger partial charge is 0.481 e. The zero-order chi connectivity index (χ0) is 17.6. The Labute approximate surface area is 147 Å². The van der Waals surface area contributed by atoms with Crippen molar-refractivity contribution in [1.29, 1.82) is 0 Å². The summed E-state index contributed by atoms with van der Waals surface area (Å²) in [5.74, 6) is 0.636. The summed E-state index contributed by atoms with van der Waals surface area (Å²) in [5.41, 5.74) is 2.43. The first-order chi connectivity index (χ1) is 12.1. The average Bonchev–Trinajstić information content (AvgIpc) is 2.64. The van der Waals surface area contributed by atoms with Gasteiger partial charge in [0, 0.05) is 63.7 Å². The number of piperazine rings is 1. The molecule has 0 atom stereocenters. The average molecular weight is 342 g/mol. The molecule has 1 aliphatic rings. The van der Waals surface area contributed by atoms with E-state index < -0.39 is 0 Å². The number of nitrogens with zero attached hydrogens (tertiary/aromatic N) is 4. The van der Waals surface area contributed by atoms with Gasteiger partial charge in [-0.3, -0.25) is 19.9 Å². The smallest absolute Gasteiger partial charge is 0.269 e. The number of hydrogen-bond acceptors (Lipinski definition) is 6. The second kappa shape index (κ2) is 8.04. The van der Waals surface area contributed by atoms with Gasteiger partial charge in [0.2, 0.25) is 5.88 Å². The Morgan fingerprint density at radius 1 is 1.00 bits per heavy atom. The third kappa shape index (κ3) is 4.74. The second-order valence-corrected chi connectivity index (χ2v) is 6.18. The summed E-state index contributed by atoms with van der Waals surface area (Å²) in [6, 6.07) is 10.8. The molecular weight excluding hydrogens is 320 g/mol. The van der Waals surface area contributed by atoms with Gasteiger partial charge in [-0.15, -0.1) is 0 Å². The number of benzene rings is 1. The highest BCUT2D eigenvalue weighted by Crippen LogP contribution is 2.15. The van der Waals surface area contributed by atoms with Gasteiger partial charge in [0.05, 0.1) is 12.0 Å². The summed E-state index contributed by atoms with van der Waals surface area (Å²) < 4.78 is 5.08. The van der Waals surface area contributed by atoms with Crippen molar-refractivity contribution in [3.8, 4) is 5.88 Å². The van der Waals surface area contributed by atoms with Crippen LogP contribution in [0.3, 0.4) is 0 Å². The summed E-state index contributed by atoms with van der Waals surface area (Å²) in [4.78, 5) is 19.4. The van der Waals surface area contributed by atoms with Gasteiger partial charge in [-0.2, -0.15) is 0 Å². The quantitative estimate of drug-likeness (QED) is 0.593. The Morgan fingerprint density at radius 3 is 2.04 bits per heavy atom. The number of nitro groups is 1. The van der Waals surface area contributed by atoms with Gasteiger partial charge in [0.25, 0.3) is 5.69 Å². The lowest BCUT2D eigenvalue weighted by molar-refractivity contribution is -0.384. The lowest BCUT2D eigenvalue weighted by Gasteiger charge is -2.34. The first-order valence-corrected chi connectivity index (χ1v) is 8.31. The van der Waals surface area contributed by atoms with E-state index in [0.29, 0.717) is 5.88 Å². The number of nitro benzene ring substituents is 1. The third-order valence-electron chi connectivity index (χ3n) is 4.43. The lowest BCUT2D eigenvalue weighted by Crippen LogP contribution is -2.45. The molecule has 0 amide bonds. The highest BCUT2D eigenvalue weighted by atomic mass is 16.6. The Hall–Kier alpha value is -2.51. The fourth-order valence-electron chi connectivity index (χ4n) is 2.97. The Kier molecular flexibility index (Phi) is 5.57. The van der Waals surface area contributed by atoms with Crippen molar-refractivity contribution in [3.63, 3.8) is 0 Å². The predicted molar refractivity (Wildman–Crippen MR) is 94.4 cm³/mol. The van der Waals surface area contributed by atoms with Crippen LogP contribution in [0.1, 0.15) is 11.1 Å². The van der Waals surface area contributed by atoms with Crippen LogP contribution in [0.4, 0.5) is 5.69 Å². The van der Waals surface area contributed by atoms with Crippen molar-refractivity contribution < 1.29 is 9.66 Å². The highest BCUT2D eigenvalue weighted by molar-refractivity contribution is 5.32. The van der Waals surface area contributed by atoms with E-state index in [1.54, 1.807) is 19.2 Å². The molecule has 7 heteroatoms. The summed E-state index contributed by atoms with van der Waals surface area (Å²) in [7, 11) is 1.62. The van der Waals surface area contributed by atoms with Crippen molar-refractivity contribution in [2.75, 3.05) is 33.3 Å². The van der Waals surface area contributed by atoms with Crippen molar-refractivity contribution >= 4 is 5.69 Å². The number of pyridine rings is 1. The van der Waals surface area contributed by atoms with Crippen molar-refractivity contribution in [3.05, 3.63) is 63.8 Å². The van der Waals surface area contributed by atoms with E-state index >= 15 is 0 Å². The van der Waals surface area contributed by atoms with E-state index in [2.05, 4.69) is 20.9 Å². The van der Waals surface area contributed by atoms with Gasteiger partial charge in [0.15, 0.2) is 0 Å². The van der Waals surface area contributed by atoms with Gasteiger partial charge < -0.3 is 4.74 Å². The van der Waals surface area contributed by atoms with Gasteiger partial charge in [-0.1, -0.05) is 18.2 Å². The SMILES string of the molecule is COc1ccc(CN2CCN(Cc3ccc([N+](=O)[O-])cc3)CC2)cn1. The Balaban J connectivity index is 1.47. The summed E-state index contributed by atoms with van der Waals surface area (Å²) in [6.45, 7) is 5.69. The number of hydrogen-bond donors (Lipinski definition) is 0. The van der Waals surface area contributed by atoms with E-state index in [0.717, 1.165) is 44.8 Å². The highest BCUT2D eigenvalue weighted by Gasteiger charge is 2.17. The van der Waals surface area contributed by atoms with Crippen LogP contribution < -0.4 is 4.74 Å². The summed E-state index contributed by atoms with van der Waals surface area (Å²) in [5, 5.41) is 10.7. The molecule has 1 aliphatic heterocycles. The van der Waals surface area contributed by atoms with Crippen LogP contribution in [0, 0.1) is 10.1 Å². The molecule has 0 bridgehead atoms. The zero-order valence-electron chi connectivity index (χ0n) is 14.3. The predicted octanol–water partition coefficient (Wildman–Crippen LogP) is 2.32. The van der Waals surface area contributed by atoms with Crippen molar-refractivity contribution in [2.45, 2.75) is 13.1 Å². The Morgan fingerprint density at radius 2 is 1.56 bits per heavy atom. The van der Waals surface area contributed by atoms with Gasteiger partial charge >= 0.3 is 0 Å². The van der Waals surface area contributed by atoms with Crippen molar-refractivity contribution in [2.24, 2.45) is 0 Å². The van der Waals surface area contributed by atoms with Crippen LogP contribution in [0.5, 0.6) is 5.88 Å². The third-order valence-corrected chi connectivity index (χ3v) is 4.43. The van der Waals surface area contributed by atoms with Gasteiger partial charge in [-0.05, 0) is 11.1 Å². The molecule has 1 aromatic carbocycles. The first-order valence-electron chi connectivity index (χ1n) is 8.31. The molecule has 25 heavy (non-hydrogen) atoms. The molecule has 0 aliphatic carbocycles. The van der Waals surface area contributed by atoms with Crippen LogP contribution in [-0.2, 0) is 13.1 Å². The standard InChI is InChI=1S/C18H22N4O3/c1-25-18-7-4-16(12-19-18)14-21-10-8-20(9-11-21)13-15-2-5-17(6-3-15)22(23)24/h2-7,12H,8-11,13-14H2,1H3. The number of methoxy groups -OCH3 is 1. The second-order valence-electron chi connectivity index (χ2n) is 6.18. The lowest BCUT2D eigenvalue weighted by atomic mass is 10.1. The molecule has 1 fully saturated rings. The molecule has 0 saturated carbocycles. The van der Waals surface area contributed by atoms with Crippen LogP contribution in [0.15, 0.2) is 42.6 Å². The zero-order valence-corrected chi connectivity index (χ0v) is 14.3. The molecule has 0 N–H and O–H groups in total. The molecule has 7 nitrogen and oxygen atoms in total. The molecule has 0 unspecified atom stereocenters. The maximum Gasteiger partial charge on any atom is 0.269 e. The van der Waals surface area contributed by atoms with Crippen LogP contribution in [0.2, 0.25) is 0 Å². The number of non-ortho nitro benzene ring substituents is 1. The first kappa shape index (κ1) is 17.3. The number of aromatic nitrogens is 1. The molecule has 1 saturated heterocycles. The summed E-state index contributed by atoms with van der Waals surface area (Å²) >= 11 is 0. The van der Waals surface area contributed by atoms with E-state index in [-0.39, 0.29) is 10.6 Å². The summed E-state index contributed by atoms with van der Waals surface area (Å²) in [6.07, 6.45) is 1.86. The maximum atomic E-state index is 10.7. The normalized spacial score (nSPS) is 15.9. The molecule has 0 radical (unpaired) electrons. The molecular formula is C18H22N4O3. The molecule has 3 rings (SSSR count). The van der Waals surface area contributed by atoms with Crippen LogP contribution >= 0.6 is 0 Å². The fourth-order valence-corrected chi connectivity index (χ4v) is 2.97. The molecule has 0 spiro atoms. The molecule has 132 valence electrons. The minimum atomic E-state index is -0.365. The van der Waals surface area contributed by atoms with E-state index in [1.165, 1.54) is 5.56 Å². The molecule has 2 heterocycles. The van der Waals surface area contributed by atoms with Gasteiger partial charge in [-0.25, -0.2) is 4.98 Å². The maximum absolute atomic E-state index is 10.7. The topological polar surface area (TPSA) is 71.7 Å². The van der Waals surface area contributed by atoms with E-state index in [9.17, 15) is 10.1 Å².